The van der Waals surface area contributed by atoms with E-state index in [4.69, 9.17) is 0 Å². The Kier molecular flexibility index (Phi) is 4.79. The lowest BCUT2D eigenvalue weighted by atomic mass is 10.2. The number of hydrogen-bond donors (Lipinski definition) is 1. The summed E-state index contributed by atoms with van der Waals surface area (Å²) < 4.78 is 27.1. The van der Waals surface area contributed by atoms with E-state index in [1.807, 2.05) is 26.0 Å². The van der Waals surface area contributed by atoms with Crippen molar-refractivity contribution in [1.29, 1.82) is 0 Å². The summed E-state index contributed by atoms with van der Waals surface area (Å²) in [6.45, 7) is 3.91. The molecular formula is C18H20N2O3S2. The van der Waals surface area contributed by atoms with E-state index in [1.165, 1.54) is 29.2 Å². The van der Waals surface area contributed by atoms with Crippen LogP contribution in [0.3, 0.4) is 0 Å². The fraction of sp³-hybridized carbons (Fsp3) is 0.278. The average molecular weight is 377 g/mol. The summed E-state index contributed by atoms with van der Waals surface area (Å²) >= 11 is 1.47. The SMILES string of the molecule is CCC1Sc2ccc(S(=O)(=O)N(C)c3ccc(C)cc3)cc2NC1=O. The summed E-state index contributed by atoms with van der Waals surface area (Å²) in [4.78, 5) is 13.1. The molecule has 132 valence electrons. The third-order valence-electron chi connectivity index (χ3n) is 4.20. The summed E-state index contributed by atoms with van der Waals surface area (Å²) in [5.41, 5.74) is 2.21. The van der Waals surface area contributed by atoms with Gasteiger partial charge in [-0.05, 0) is 43.7 Å². The normalized spacial score (nSPS) is 16.9. The number of thioether (sulfide) groups is 1. The van der Waals surface area contributed by atoms with Gasteiger partial charge in [-0.25, -0.2) is 8.42 Å². The summed E-state index contributed by atoms with van der Waals surface area (Å²) in [5, 5.41) is 2.68. The highest BCUT2D eigenvalue weighted by Gasteiger charge is 2.28. The van der Waals surface area contributed by atoms with Gasteiger partial charge in [0.25, 0.3) is 10.0 Å². The third kappa shape index (κ3) is 3.39. The Hall–Kier alpha value is -1.99. The van der Waals surface area contributed by atoms with E-state index in [2.05, 4.69) is 5.32 Å². The van der Waals surface area contributed by atoms with Crippen molar-refractivity contribution in [3.63, 3.8) is 0 Å². The average Bonchev–Trinajstić information content (AvgIpc) is 2.60. The molecule has 2 aromatic rings. The van der Waals surface area contributed by atoms with Gasteiger partial charge in [-0.2, -0.15) is 0 Å². The van der Waals surface area contributed by atoms with E-state index in [0.717, 1.165) is 16.9 Å². The van der Waals surface area contributed by atoms with Crippen molar-refractivity contribution in [3.05, 3.63) is 48.0 Å². The minimum Gasteiger partial charge on any atom is -0.324 e. The number of hydrogen-bond acceptors (Lipinski definition) is 4. The molecule has 0 aliphatic carbocycles. The molecule has 0 saturated carbocycles. The molecule has 0 bridgehead atoms. The number of nitrogens with zero attached hydrogens (tertiary/aromatic N) is 1. The van der Waals surface area contributed by atoms with E-state index in [1.54, 1.807) is 24.3 Å². The second kappa shape index (κ2) is 6.72. The maximum Gasteiger partial charge on any atom is 0.264 e. The summed E-state index contributed by atoms with van der Waals surface area (Å²) in [7, 11) is -2.17. The molecule has 1 unspecified atom stereocenters. The number of sulfonamides is 1. The first kappa shape index (κ1) is 17.8. The van der Waals surface area contributed by atoms with Crippen molar-refractivity contribution in [3.8, 4) is 0 Å². The molecule has 3 rings (SSSR count). The number of amides is 1. The number of aryl methyl sites for hydroxylation is 1. The number of fused-ring (bicyclic) bond motifs is 1. The molecule has 5 nitrogen and oxygen atoms in total. The Balaban J connectivity index is 1.95. The number of benzene rings is 2. The summed E-state index contributed by atoms with van der Waals surface area (Å²) in [6, 6.07) is 12.2. The minimum atomic E-state index is -3.70. The van der Waals surface area contributed by atoms with Crippen LogP contribution in [0.4, 0.5) is 11.4 Å². The molecule has 0 aromatic heterocycles. The van der Waals surface area contributed by atoms with E-state index in [0.29, 0.717) is 11.4 Å². The van der Waals surface area contributed by atoms with Gasteiger partial charge in [0.05, 0.1) is 21.5 Å². The zero-order chi connectivity index (χ0) is 18.2. The first-order valence-corrected chi connectivity index (χ1v) is 10.3. The highest BCUT2D eigenvalue weighted by atomic mass is 32.2. The lowest BCUT2D eigenvalue weighted by molar-refractivity contribution is -0.115. The highest BCUT2D eigenvalue weighted by molar-refractivity contribution is 8.01. The first-order chi connectivity index (χ1) is 11.8. The predicted octanol–water partition coefficient (Wildman–Crippen LogP) is 3.64. The quantitative estimate of drug-likeness (QED) is 0.885. The molecule has 2 aromatic carbocycles. The van der Waals surface area contributed by atoms with Gasteiger partial charge in [-0.15, -0.1) is 11.8 Å². The molecule has 25 heavy (non-hydrogen) atoms. The summed E-state index contributed by atoms with van der Waals surface area (Å²) in [5.74, 6) is -0.0820. The number of carbonyl (C=O) groups excluding carboxylic acids is 1. The van der Waals surface area contributed by atoms with Gasteiger partial charge in [0.2, 0.25) is 5.91 Å². The zero-order valence-electron chi connectivity index (χ0n) is 14.3. The minimum absolute atomic E-state index is 0.0820. The van der Waals surface area contributed by atoms with Crippen LogP contribution in [0, 0.1) is 6.92 Å². The standard InChI is InChI=1S/C18H20N2O3S2/c1-4-16-18(21)19-15-11-14(9-10-17(15)24-16)25(22,23)20(3)13-7-5-12(2)6-8-13/h5-11,16H,4H2,1-3H3,(H,19,21). The van der Waals surface area contributed by atoms with Crippen molar-refractivity contribution in [2.24, 2.45) is 0 Å². The van der Waals surface area contributed by atoms with Gasteiger partial charge in [-0.1, -0.05) is 24.6 Å². The second-order valence-electron chi connectivity index (χ2n) is 5.97. The summed E-state index contributed by atoms with van der Waals surface area (Å²) in [6.07, 6.45) is 0.728. The maximum atomic E-state index is 12.9. The van der Waals surface area contributed by atoms with Crippen molar-refractivity contribution in [2.45, 2.75) is 35.3 Å². The van der Waals surface area contributed by atoms with Crippen LogP contribution in [0.5, 0.6) is 0 Å². The first-order valence-electron chi connectivity index (χ1n) is 8.00. The molecular weight excluding hydrogens is 356 g/mol. The van der Waals surface area contributed by atoms with Crippen LogP contribution in [0.15, 0.2) is 52.3 Å². The van der Waals surface area contributed by atoms with Gasteiger partial charge in [0.15, 0.2) is 0 Å². The van der Waals surface area contributed by atoms with E-state index in [-0.39, 0.29) is 16.1 Å². The lowest BCUT2D eigenvalue weighted by Crippen LogP contribution is -2.29. The lowest BCUT2D eigenvalue weighted by Gasteiger charge is -2.25. The monoisotopic (exact) mass is 376 g/mol. The van der Waals surface area contributed by atoms with Crippen LogP contribution < -0.4 is 9.62 Å². The van der Waals surface area contributed by atoms with Crippen LogP contribution in [0.25, 0.3) is 0 Å². The Labute approximate surface area is 152 Å². The molecule has 7 heteroatoms. The third-order valence-corrected chi connectivity index (χ3v) is 7.42. The van der Waals surface area contributed by atoms with Crippen LogP contribution in [-0.4, -0.2) is 26.6 Å². The number of anilines is 2. The van der Waals surface area contributed by atoms with E-state index >= 15 is 0 Å². The van der Waals surface area contributed by atoms with Crippen LogP contribution >= 0.6 is 11.8 Å². The Morgan fingerprint density at radius 1 is 1.16 bits per heavy atom. The van der Waals surface area contributed by atoms with Gasteiger partial charge >= 0.3 is 0 Å². The topological polar surface area (TPSA) is 66.5 Å². The van der Waals surface area contributed by atoms with Gasteiger partial charge in [-0.3, -0.25) is 9.10 Å². The molecule has 1 heterocycles. The van der Waals surface area contributed by atoms with Crippen LogP contribution in [0.1, 0.15) is 18.9 Å². The molecule has 1 aliphatic rings. The van der Waals surface area contributed by atoms with Gasteiger partial charge in [0.1, 0.15) is 0 Å². The van der Waals surface area contributed by atoms with Crippen LogP contribution in [-0.2, 0) is 14.8 Å². The number of rotatable bonds is 4. The fourth-order valence-electron chi connectivity index (χ4n) is 2.61. The molecule has 0 saturated heterocycles. The van der Waals surface area contributed by atoms with Gasteiger partial charge < -0.3 is 5.32 Å². The molecule has 0 fully saturated rings. The molecule has 1 atom stereocenters. The number of carbonyl (C=O) groups is 1. The molecule has 0 radical (unpaired) electrons. The van der Waals surface area contributed by atoms with E-state index in [9.17, 15) is 13.2 Å². The smallest absolute Gasteiger partial charge is 0.264 e. The predicted molar refractivity (Wildman–Crippen MR) is 102 cm³/mol. The number of nitrogens with one attached hydrogen (secondary N) is 1. The Morgan fingerprint density at radius 2 is 1.84 bits per heavy atom. The second-order valence-corrected chi connectivity index (χ2v) is 9.18. The molecule has 1 aliphatic heterocycles. The molecule has 0 spiro atoms. The van der Waals surface area contributed by atoms with Crippen LogP contribution in [0.2, 0.25) is 0 Å². The molecule has 1 N–H and O–H groups in total. The fourth-order valence-corrected chi connectivity index (χ4v) is 4.86. The Morgan fingerprint density at radius 3 is 2.48 bits per heavy atom. The molecule has 1 amide bonds. The largest absolute Gasteiger partial charge is 0.324 e. The van der Waals surface area contributed by atoms with Crippen molar-refractivity contribution in [2.75, 3.05) is 16.7 Å². The van der Waals surface area contributed by atoms with Crippen molar-refractivity contribution < 1.29 is 13.2 Å². The van der Waals surface area contributed by atoms with Crippen molar-refractivity contribution in [1.82, 2.24) is 0 Å². The van der Waals surface area contributed by atoms with Crippen molar-refractivity contribution >= 4 is 39.1 Å². The Bertz CT molecular complexity index is 908. The van der Waals surface area contributed by atoms with Gasteiger partial charge in [0, 0.05) is 11.9 Å². The van der Waals surface area contributed by atoms with E-state index < -0.39 is 10.0 Å². The zero-order valence-corrected chi connectivity index (χ0v) is 15.9. The maximum absolute atomic E-state index is 12.9. The highest BCUT2D eigenvalue weighted by Crippen LogP contribution is 2.38.